The molecule has 0 spiro atoms. The summed E-state index contributed by atoms with van der Waals surface area (Å²) in [5.74, 6) is -3.69. The Morgan fingerprint density at radius 1 is 1.02 bits per heavy atom. The van der Waals surface area contributed by atoms with E-state index in [0.29, 0.717) is 43.0 Å². The molecule has 0 unspecified atom stereocenters. The Morgan fingerprint density at radius 2 is 1.63 bits per heavy atom. The first kappa shape index (κ1) is 33.1. The van der Waals surface area contributed by atoms with Gasteiger partial charge in [0.05, 0.1) is 32.6 Å². The molecule has 2 fully saturated rings. The number of amides is 1. The molecule has 2 N–H and O–H groups in total. The molecule has 4 rings (SSSR count). The minimum Gasteiger partial charge on any atom is -0.492 e. The van der Waals surface area contributed by atoms with Gasteiger partial charge in [-0.2, -0.15) is 26.3 Å². The van der Waals surface area contributed by atoms with Crippen LogP contribution in [0.15, 0.2) is 42.9 Å². The Hall–Kier alpha value is -4.15. The fraction of sp³-hybridized carbons (Fsp3) is 0.458. The van der Waals surface area contributed by atoms with Gasteiger partial charge in [-0.05, 0) is 36.6 Å². The maximum atomic E-state index is 12.9. The highest BCUT2D eigenvalue weighted by Gasteiger charge is 2.45. The van der Waals surface area contributed by atoms with Crippen molar-refractivity contribution in [1.29, 1.82) is 0 Å². The van der Waals surface area contributed by atoms with E-state index in [1.54, 1.807) is 30.7 Å². The molecular weight excluding hydrogens is 572 g/mol. The van der Waals surface area contributed by atoms with Crippen LogP contribution in [0.25, 0.3) is 0 Å². The number of ether oxygens (including phenoxy) is 3. The van der Waals surface area contributed by atoms with Crippen LogP contribution >= 0.6 is 0 Å². The molecule has 2 aromatic heterocycles. The van der Waals surface area contributed by atoms with Crippen LogP contribution in [-0.2, 0) is 14.3 Å². The zero-order valence-corrected chi connectivity index (χ0v) is 21.3. The summed E-state index contributed by atoms with van der Waals surface area (Å²) in [4.78, 5) is 40.7. The number of rotatable bonds is 6. The van der Waals surface area contributed by atoms with Gasteiger partial charge in [-0.25, -0.2) is 14.6 Å². The maximum absolute atomic E-state index is 12.9. The number of carboxylic acid groups (broad SMARTS) is 2. The molecule has 0 saturated carbocycles. The summed E-state index contributed by atoms with van der Waals surface area (Å²) in [6.07, 6.45) is -4.11. The number of methoxy groups -OCH3 is 1. The summed E-state index contributed by atoms with van der Waals surface area (Å²) in [5, 5.41) is 14.2. The molecule has 3 atom stereocenters. The predicted molar refractivity (Wildman–Crippen MR) is 125 cm³/mol. The van der Waals surface area contributed by atoms with E-state index in [-0.39, 0.29) is 12.0 Å². The Labute approximate surface area is 228 Å². The SMILES string of the molecule is COc1ncccc1C(=O)N1C[C@H]2[C@@H](CCOc3cccnc3)CO[C@H]2C1.O=C(O)C(F)(F)F.O=C(O)C(F)(F)F. The van der Waals surface area contributed by atoms with E-state index in [9.17, 15) is 31.1 Å². The molecule has 0 aliphatic carbocycles. The summed E-state index contributed by atoms with van der Waals surface area (Å²) in [5.41, 5.74) is 0.497. The largest absolute Gasteiger partial charge is 0.492 e. The summed E-state index contributed by atoms with van der Waals surface area (Å²) < 4.78 is 80.4. The minimum absolute atomic E-state index is 0.0525. The summed E-state index contributed by atoms with van der Waals surface area (Å²) >= 11 is 0. The molecule has 0 radical (unpaired) electrons. The summed E-state index contributed by atoms with van der Waals surface area (Å²) in [7, 11) is 1.53. The maximum Gasteiger partial charge on any atom is 0.490 e. The van der Waals surface area contributed by atoms with Crippen LogP contribution in [-0.4, -0.2) is 94.8 Å². The number of carbonyl (C=O) groups is 3. The number of likely N-dealkylation sites (tertiary alicyclic amines) is 1. The lowest BCUT2D eigenvalue weighted by molar-refractivity contribution is -0.193. The fourth-order valence-corrected chi connectivity index (χ4v) is 3.91. The van der Waals surface area contributed by atoms with E-state index in [2.05, 4.69) is 9.97 Å². The second-order valence-electron chi connectivity index (χ2n) is 8.50. The van der Waals surface area contributed by atoms with Crippen LogP contribution < -0.4 is 9.47 Å². The lowest BCUT2D eigenvalue weighted by Crippen LogP contribution is -2.31. The fourth-order valence-electron chi connectivity index (χ4n) is 3.91. The molecule has 41 heavy (non-hydrogen) atoms. The molecule has 4 heterocycles. The molecule has 2 saturated heterocycles. The van der Waals surface area contributed by atoms with Gasteiger partial charge in [0.1, 0.15) is 11.3 Å². The van der Waals surface area contributed by atoms with E-state index in [0.717, 1.165) is 18.8 Å². The number of pyridine rings is 2. The van der Waals surface area contributed by atoms with Crippen molar-refractivity contribution in [2.24, 2.45) is 11.8 Å². The Balaban J connectivity index is 0.000000349. The van der Waals surface area contributed by atoms with Gasteiger partial charge in [0.2, 0.25) is 5.88 Å². The number of fused-ring (bicyclic) bond motifs is 1. The lowest BCUT2D eigenvalue weighted by Gasteiger charge is -2.20. The molecule has 2 aliphatic rings. The van der Waals surface area contributed by atoms with Crippen molar-refractivity contribution in [2.45, 2.75) is 24.9 Å². The number of carbonyl (C=O) groups excluding carboxylic acids is 1. The first-order chi connectivity index (χ1) is 19.1. The quantitative estimate of drug-likeness (QED) is 0.475. The van der Waals surface area contributed by atoms with E-state index in [1.807, 2.05) is 17.0 Å². The predicted octanol–water partition coefficient (Wildman–Crippen LogP) is 3.31. The molecule has 17 heteroatoms. The third kappa shape index (κ3) is 10.1. The zero-order chi connectivity index (χ0) is 30.8. The molecule has 0 aromatic carbocycles. The van der Waals surface area contributed by atoms with Crippen LogP contribution in [0, 0.1) is 11.8 Å². The number of nitrogens with zero attached hydrogens (tertiary/aromatic N) is 3. The lowest BCUT2D eigenvalue weighted by atomic mass is 9.91. The minimum atomic E-state index is -5.08. The van der Waals surface area contributed by atoms with Gasteiger partial charge in [0, 0.05) is 31.4 Å². The van der Waals surface area contributed by atoms with Crippen LogP contribution in [0.5, 0.6) is 11.6 Å². The molecule has 11 nitrogen and oxygen atoms in total. The Kier molecular flexibility index (Phi) is 11.7. The van der Waals surface area contributed by atoms with Crippen molar-refractivity contribution >= 4 is 17.8 Å². The summed E-state index contributed by atoms with van der Waals surface area (Å²) in [6, 6.07) is 7.26. The van der Waals surface area contributed by atoms with Gasteiger partial charge in [-0.3, -0.25) is 9.78 Å². The molecular formula is C24H25F6N3O8. The molecule has 226 valence electrons. The number of carboxylic acids is 2. The van der Waals surface area contributed by atoms with Crippen molar-refractivity contribution in [3.05, 3.63) is 48.4 Å². The van der Waals surface area contributed by atoms with E-state index < -0.39 is 24.3 Å². The van der Waals surface area contributed by atoms with Gasteiger partial charge in [0.15, 0.2) is 0 Å². The van der Waals surface area contributed by atoms with Gasteiger partial charge in [-0.1, -0.05) is 0 Å². The van der Waals surface area contributed by atoms with Crippen molar-refractivity contribution in [3.63, 3.8) is 0 Å². The highest BCUT2D eigenvalue weighted by atomic mass is 19.4. The second-order valence-corrected chi connectivity index (χ2v) is 8.50. The smallest absolute Gasteiger partial charge is 0.490 e. The van der Waals surface area contributed by atoms with Crippen LogP contribution in [0.1, 0.15) is 16.8 Å². The van der Waals surface area contributed by atoms with Gasteiger partial charge in [0.25, 0.3) is 5.91 Å². The van der Waals surface area contributed by atoms with Crippen LogP contribution in [0.3, 0.4) is 0 Å². The van der Waals surface area contributed by atoms with Gasteiger partial charge in [-0.15, -0.1) is 0 Å². The third-order valence-corrected chi connectivity index (χ3v) is 5.80. The van der Waals surface area contributed by atoms with E-state index in [4.69, 9.17) is 34.0 Å². The highest BCUT2D eigenvalue weighted by Crippen LogP contribution is 2.36. The average Bonchev–Trinajstić information content (AvgIpc) is 3.50. The zero-order valence-electron chi connectivity index (χ0n) is 21.3. The number of hydrogen-bond acceptors (Lipinski definition) is 8. The molecule has 2 aromatic rings. The Morgan fingerprint density at radius 3 is 2.17 bits per heavy atom. The van der Waals surface area contributed by atoms with E-state index >= 15 is 0 Å². The standard InChI is InChI=1S/C20H23N3O4.2C2HF3O2/c1-25-19-16(5-3-8-22-19)20(24)23-11-17-14(13-27-18(17)12-23)6-9-26-15-4-2-7-21-10-15;2*3-2(4,5)1(6)7/h2-5,7-8,10,14,17-18H,6,9,11-13H2,1H3;2*(H,6,7)/t14-,17-,18-;;/m0../s1. The topological polar surface area (TPSA) is 148 Å². The first-order valence-electron chi connectivity index (χ1n) is 11.7. The van der Waals surface area contributed by atoms with Crippen molar-refractivity contribution in [1.82, 2.24) is 14.9 Å². The monoisotopic (exact) mass is 597 g/mol. The van der Waals surface area contributed by atoms with E-state index in [1.165, 1.54) is 7.11 Å². The number of aromatic nitrogens is 2. The average molecular weight is 597 g/mol. The third-order valence-electron chi connectivity index (χ3n) is 5.80. The molecule has 1 amide bonds. The number of aliphatic carboxylic acids is 2. The van der Waals surface area contributed by atoms with Gasteiger partial charge >= 0.3 is 24.3 Å². The number of halogens is 6. The summed E-state index contributed by atoms with van der Waals surface area (Å²) in [6.45, 7) is 2.65. The molecule has 2 aliphatic heterocycles. The van der Waals surface area contributed by atoms with Crippen LogP contribution in [0.4, 0.5) is 26.3 Å². The van der Waals surface area contributed by atoms with Crippen LogP contribution in [0.2, 0.25) is 0 Å². The van der Waals surface area contributed by atoms with Gasteiger partial charge < -0.3 is 29.3 Å². The van der Waals surface area contributed by atoms with Crippen molar-refractivity contribution in [3.8, 4) is 11.6 Å². The Bertz CT molecular complexity index is 1140. The second kappa shape index (κ2) is 14.5. The highest BCUT2D eigenvalue weighted by molar-refractivity contribution is 5.96. The molecule has 0 bridgehead atoms. The van der Waals surface area contributed by atoms with Crippen molar-refractivity contribution in [2.75, 3.05) is 33.4 Å². The normalized spacial score (nSPS) is 19.6. The number of hydrogen-bond donors (Lipinski definition) is 2. The number of alkyl halides is 6. The first-order valence-corrected chi connectivity index (χ1v) is 11.7. The van der Waals surface area contributed by atoms with Crippen molar-refractivity contribution < 1.29 is 65.1 Å².